The molecule has 0 radical (unpaired) electrons. The molecule has 1 fully saturated rings. The number of ether oxygens (including phenoxy) is 7. The molecule has 0 bridgehead atoms. The van der Waals surface area contributed by atoms with Crippen LogP contribution in [0.25, 0.3) is 0 Å². The average Bonchev–Trinajstić information content (AvgIpc) is 3.16. The van der Waals surface area contributed by atoms with Crippen LogP contribution in [0.4, 0.5) is 0 Å². The van der Waals surface area contributed by atoms with E-state index in [9.17, 15) is 0 Å². The van der Waals surface area contributed by atoms with Crippen molar-refractivity contribution in [1.29, 1.82) is 0 Å². The summed E-state index contributed by atoms with van der Waals surface area (Å²) in [5.74, 6) is 2.85. The summed E-state index contributed by atoms with van der Waals surface area (Å²) in [4.78, 5) is 0. The summed E-state index contributed by atoms with van der Waals surface area (Å²) in [6.07, 6.45) is -0.393. The van der Waals surface area contributed by atoms with Crippen LogP contribution in [-0.4, -0.2) is 55.9 Å². The third-order valence-electron chi connectivity index (χ3n) is 5.81. The highest BCUT2D eigenvalue weighted by atomic mass is 16.5. The first-order valence-electron chi connectivity index (χ1n) is 10.2. The quantitative estimate of drug-likeness (QED) is 0.561. The molecule has 0 aliphatic carbocycles. The summed E-state index contributed by atoms with van der Waals surface area (Å²) in [6.45, 7) is 1.08. The molecule has 0 amide bonds. The minimum absolute atomic E-state index is 0.0844. The van der Waals surface area contributed by atoms with Crippen LogP contribution >= 0.6 is 0 Å². The van der Waals surface area contributed by atoms with E-state index in [1.807, 2.05) is 36.4 Å². The van der Waals surface area contributed by atoms with Crippen LogP contribution in [0.1, 0.15) is 23.3 Å². The third-order valence-corrected chi connectivity index (χ3v) is 5.81. The summed E-state index contributed by atoms with van der Waals surface area (Å²) in [6, 6.07) is 11.7. The van der Waals surface area contributed by atoms with Crippen molar-refractivity contribution in [1.82, 2.24) is 0 Å². The van der Waals surface area contributed by atoms with E-state index in [2.05, 4.69) is 0 Å². The summed E-state index contributed by atoms with van der Waals surface area (Å²) < 4.78 is 39.6. The van der Waals surface area contributed by atoms with E-state index in [0.717, 1.165) is 11.1 Å². The van der Waals surface area contributed by atoms with Crippen molar-refractivity contribution in [2.75, 3.05) is 55.9 Å². The molecule has 170 valence electrons. The first-order chi connectivity index (χ1) is 15.1. The lowest BCUT2D eigenvalue weighted by atomic mass is 9.83. The SMILES string of the molecule is COC[C@@H]1[C@@H](COC)[C@H](c2ccc(OC)c(OC)c2)O[C@@H]1c1ccc(OC)c(OC)c1. The number of hydrogen-bond donors (Lipinski definition) is 0. The van der Waals surface area contributed by atoms with Crippen LogP contribution in [0.3, 0.4) is 0 Å². The lowest BCUT2D eigenvalue weighted by Crippen LogP contribution is -2.25. The van der Waals surface area contributed by atoms with Crippen molar-refractivity contribution in [2.45, 2.75) is 12.2 Å². The van der Waals surface area contributed by atoms with E-state index < -0.39 is 0 Å². The Morgan fingerprint density at radius 1 is 0.581 bits per heavy atom. The van der Waals surface area contributed by atoms with Crippen molar-refractivity contribution >= 4 is 0 Å². The summed E-state index contributed by atoms with van der Waals surface area (Å²) in [5.41, 5.74) is 2.01. The second-order valence-electron chi connectivity index (χ2n) is 7.44. The Hall–Kier alpha value is -2.48. The van der Waals surface area contributed by atoms with Crippen molar-refractivity contribution in [3.63, 3.8) is 0 Å². The molecule has 0 saturated carbocycles. The van der Waals surface area contributed by atoms with Gasteiger partial charge in [-0.15, -0.1) is 0 Å². The summed E-state index contributed by atoms with van der Waals surface area (Å²) in [7, 11) is 9.92. The molecule has 2 aromatic carbocycles. The van der Waals surface area contributed by atoms with Crippen LogP contribution in [0.2, 0.25) is 0 Å². The molecule has 1 aliphatic rings. The highest BCUT2D eigenvalue weighted by Crippen LogP contribution is 2.51. The maximum Gasteiger partial charge on any atom is 0.161 e. The van der Waals surface area contributed by atoms with Crippen LogP contribution in [0, 0.1) is 11.8 Å². The lowest BCUT2D eigenvalue weighted by molar-refractivity contribution is 0.0143. The van der Waals surface area contributed by atoms with Crippen molar-refractivity contribution in [2.24, 2.45) is 11.8 Å². The molecular formula is C24H32O7. The van der Waals surface area contributed by atoms with Crippen molar-refractivity contribution < 1.29 is 33.2 Å². The zero-order chi connectivity index (χ0) is 22.4. The predicted octanol–water partition coefficient (Wildman–Crippen LogP) is 4.06. The van der Waals surface area contributed by atoms with Crippen LogP contribution in [0.15, 0.2) is 36.4 Å². The smallest absolute Gasteiger partial charge is 0.161 e. The zero-order valence-electron chi connectivity index (χ0n) is 19.0. The third kappa shape index (κ3) is 4.74. The molecule has 2 aromatic rings. The first-order valence-corrected chi connectivity index (χ1v) is 10.2. The minimum atomic E-state index is -0.196. The maximum atomic E-state index is 6.66. The molecule has 1 aliphatic heterocycles. The Morgan fingerprint density at radius 3 is 1.29 bits per heavy atom. The maximum absolute atomic E-state index is 6.66. The number of benzene rings is 2. The van der Waals surface area contributed by atoms with Crippen molar-refractivity contribution in [3.8, 4) is 23.0 Å². The Kier molecular flexibility index (Phi) is 8.01. The molecule has 4 atom stereocenters. The fourth-order valence-electron chi connectivity index (χ4n) is 4.33. The Bertz CT molecular complexity index is 784. The second-order valence-corrected chi connectivity index (χ2v) is 7.44. The molecule has 1 saturated heterocycles. The number of hydrogen-bond acceptors (Lipinski definition) is 7. The van der Waals surface area contributed by atoms with Gasteiger partial charge in [-0.1, -0.05) is 12.1 Å². The topological polar surface area (TPSA) is 64.6 Å². The van der Waals surface area contributed by atoms with E-state index in [1.165, 1.54) is 0 Å². The van der Waals surface area contributed by atoms with Gasteiger partial charge in [0.25, 0.3) is 0 Å². The van der Waals surface area contributed by atoms with Gasteiger partial charge in [-0.25, -0.2) is 0 Å². The molecule has 31 heavy (non-hydrogen) atoms. The highest BCUT2D eigenvalue weighted by molar-refractivity contribution is 5.45. The van der Waals surface area contributed by atoms with Gasteiger partial charge < -0.3 is 33.2 Å². The van der Waals surface area contributed by atoms with E-state index in [1.54, 1.807) is 42.7 Å². The van der Waals surface area contributed by atoms with Gasteiger partial charge in [0.05, 0.1) is 53.9 Å². The highest BCUT2D eigenvalue weighted by Gasteiger charge is 2.46. The van der Waals surface area contributed by atoms with Crippen LogP contribution in [0.5, 0.6) is 23.0 Å². The molecule has 3 rings (SSSR count). The Morgan fingerprint density at radius 2 is 0.968 bits per heavy atom. The van der Waals surface area contributed by atoms with Crippen molar-refractivity contribution in [3.05, 3.63) is 47.5 Å². The van der Waals surface area contributed by atoms with Crippen LogP contribution < -0.4 is 18.9 Å². The molecule has 7 heteroatoms. The minimum Gasteiger partial charge on any atom is -0.493 e. The standard InChI is InChI=1S/C24H32O7/c1-25-13-17-18(14-26-2)24(16-8-10-20(28-4)22(12-16)30-6)31-23(17)15-7-9-19(27-3)21(11-15)29-5/h7-12,17-18,23-24H,13-14H2,1-6H3/t17-,18-,23-,24+/m1/s1. The average molecular weight is 433 g/mol. The van der Waals surface area contributed by atoms with E-state index >= 15 is 0 Å². The first kappa shape index (κ1) is 23.2. The largest absolute Gasteiger partial charge is 0.493 e. The molecule has 7 nitrogen and oxygen atoms in total. The van der Waals surface area contributed by atoms with Gasteiger partial charge in [-0.2, -0.15) is 0 Å². The molecule has 0 N–H and O–H groups in total. The molecule has 0 unspecified atom stereocenters. The monoisotopic (exact) mass is 432 g/mol. The molecule has 1 heterocycles. The zero-order valence-corrected chi connectivity index (χ0v) is 19.0. The van der Waals surface area contributed by atoms with Crippen LogP contribution in [-0.2, 0) is 14.2 Å². The Balaban J connectivity index is 2.02. The van der Waals surface area contributed by atoms with E-state index in [-0.39, 0.29) is 24.0 Å². The number of methoxy groups -OCH3 is 6. The van der Waals surface area contributed by atoms with Gasteiger partial charge in [0, 0.05) is 26.1 Å². The second kappa shape index (κ2) is 10.7. The normalized spacial score (nSPS) is 22.9. The Labute approximate surface area is 184 Å². The lowest BCUT2D eigenvalue weighted by Gasteiger charge is -2.24. The van der Waals surface area contributed by atoms with Gasteiger partial charge in [0.1, 0.15) is 0 Å². The molecule has 0 aromatic heterocycles. The molecular weight excluding hydrogens is 400 g/mol. The fourth-order valence-corrected chi connectivity index (χ4v) is 4.33. The van der Waals surface area contributed by atoms with E-state index in [4.69, 9.17) is 33.2 Å². The fraction of sp³-hybridized carbons (Fsp3) is 0.500. The van der Waals surface area contributed by atoms with Gasteiger partial charge in [-0.05, 0) is 35.4 Å². The molecule has 0 spiro atoms. The van der Waals surface area contributed by atoms with E-state index in [0.29, 0.717) is 36.2 Å². The summed E-state index contributed by atoms with van der Waals surface area (Å²) in [5, 5.41) is 0. The van der Waals surface area contributed by atoms with Gasteiger partial charge in [-0.3, -0.25) is 0 Å². The predicted molar refractivity (Wildman–Crippen MR) is 116 cm³/mol. The van der Waals surface area contributed by atoms with Gasteiger partial charge >= 0.3 is 0 Å². The number of rotatable bonds is 10. The summed E-state index contributed by atoms with van der Waals surface area (Å²) >= 11 is 0. The van der Waals surface area contributed by atoms with Gasteiger partial charge in [0.15, 0.2) is 23.0 Å². The van der Waals surface area contributed by atoms with Gasteiger partial charge in [0.2, 0.25) is 0 Å².